The molecule has 2 aliphatic carbocycles. The summed E-state index contributed by atoms with van der Waals surface area (Å²) in [5, 5.41) is 36.1. The highest BCUT2D eigenvalue weighted by Gasteiger charge is 2.80. The van der Waals surface area contributed by atoms with Crippen molar-refractivity contribution in [1.29, 1.82) is 0 Å². The minimum atomic E-state index is -1.38. The van der Waals surface area contributed by atoms with E-state index in [1.165, 1.54) is 0 Å². The van der Waals surface area contributed by atoms with E-state index >= 15 is 0 Å². The van der Waals surface area contributed by atoms with Crippen LogP contribution in [0.5, 0.6) is 0 Å². The molecule has 0 aromatic carbocycles. The molecule has 4 heterocycles. The Bertz CT molecular complexity index is 1100. The number of hydrogen-bond donors (Lipinski definition) is 5. The zero-order valence-corrected chi connectivity index (χ0v) is 24.8. The van der Waals surface area contributed by atoms with Crippen molar-refractivity contribution < 1.29 is 44.0 Å². The lowest BCUT2D eigenvalue weighted by Crippen LogP contribution is -2.80. The summed E-state index contributed by atoms with van der Waals surface area (Å²) in [5.41, 5.74) is -4.81. The summed E-state index contributed by atoms with van der Waals surface area (Å²) in [7, 11) is 0. The van der Waals surface area contributed by atoms with Crippen LogP contribution in [0.4, 0.5) is 0 Å². The Morgan fingerprint density at radius 2 is 1.26 bits per heavy atom. The Kier molecular flexibility index (Phi) is 8.28. The summed E-state index contributed by atoms with van der Waals surface area (Å²) in [6.07, 6.45) is 12.0. The average molecular weight is 609 g/mol. The predicted octanol–water partition coefficient (Wildman–Crippen LogP) is 1.02. The summed E-state index contributed by atoms with van der Waals surface area (Å²) < 4.78 is 10.6. The predicted molar refractivity (Wildman–Crippen MR) is 150 cm³/mol. The van der Waals surface area contributed by atoms with E-state index in [2.05, 4.69) is 10.6 Å². The SMILES string of the molecule is C[C@@]12OC(=O)[C@]1([C@@H](O)[C@@H]1C=CCCC1)NC(=O)[C@@H]2CCCl.C[C@@]12OC(=O)[C@]1([C@@H](O)[C@@H]1C=CCCC1)NC(=O)[C@@H]2CCO. The molecule has 0 unspecified atom stereocenters. The molecular weight excluding hydrogens is 568 g/mol. The van der Waals surface area contributed by atoms with Crippen molar-refractivity contribution in [3.63, 3.8) is 0 Å². The molecule has 4 aliphatic heterocycles. The number of allylic oxidation sites excluding steroid dienone is 2. The second kappa shape index (κ2) is 11.2. The van der Waals surface area contributed by atoms with Crippen molar-refractivity contribution in [3.05, 3.63) is 24.3 Å². The fourth-order valence-corrected chi connectivity index (χ4v) is 8.22. The van der Waals surface area contributed by atoms with Gasteiger partial charge in [-0.15, -0.1) is 11.6 Å². The van der Waals surface area contributed by atoms with Crippen LogP contribution in [0.3, 0.4) is 0 Å². The number of carbonyl (C=O) groups excluding carboxylic acids is 4. The topological polar surface area (TPSA) is 171 Å². The maximum absolute atomic E-state index is 12.2. The van der Waals surface area contributed by atoms with Gasteiger partial charge in [0.2, 0.25) is 22.9 Å². The number of esters is 2. The van der Waals surface area contributed by atoms with Crippen LogP contribution in [0.2, 0.25) is 0 Å². The smallest absolute Gasteiger partial charge is 0.339 e. The molecule has 2 amide bonds. The molecule has 10 atom stereocenters. The number of alkyl halides is 1. The average Bonchev–Trinajstić information content (AvgIpc) is 3.27. The number of fused-ring (bicyclic) bond motifs is 2. The molecule has 0 spiro atoms. The molecule has 42 heavy (non-hydrogen) atoms. The van der Waals surface area contributed by atoms with E-state index in [0.717, 1.165) is 38.5 Å². The number of nitrogens with one attached hydrogen (secondary N) is 2. The zero-order chi connectivity index (χ0) is 30.5. The molecule has 0 aromatic heterocycles. The van der Waals surface area contributed by atoms with Crippen molar-refractivity contribution in [2.75, 3.05) is 12.5 Å². The van der Waals surface area contributed by atoms with Crippen LogP contribution in [-0.2, 0) is 28.7 Å². The third-order valence-electron chi connectivity index (χ3n) is 10.5. The number of halogens is 1. The standard InChI is InChI=1S/C15H20ClNO4.C15H21NO5/c1-14-10(7-8-16)12(19)17-15(14,13(20)21-14)11(18)9-5-3-2-4-6-9;1-14-10(7-8-17)12(19)16-15(14,13(20)21-14)11(18)9-5-3-2-4-6-9/h3,5,9-11,18H,2,4,6-8H2,1H3,(H,17,19);3,5,9-11,17-18H,2,4,6-8H2,1H3,(H,16,19)/t2*9-,10+,11+,14+,15+/m11/s1. The van der Waals surface area contributed by atoms with Gasteiger partial charge < -0.3 is 35.4 Å². The van der Waals surface area contributed by atoms with Gasteiger partial charge in [0.1, 0.15) is 0 Å². The number of rotatable bonds is 8. The van der Waals surface area contributed by atoms with E-state index in [4.69, 9.17) is 26.2 Å². The van der Waals surface area contributed by atoms with E-state index in [9.17, 15) is 29.4 Å². The molecular formula is C30H41ClN2O9. The summed E-state index contributed by atoms with van der Waals surface area (Å²) in [6, 6.07) is 0. The Morgan fingerprint density at radius 1 is 0.833 bits per heavy atom. The second-order valence-electron chi connectivity index (χ2n) is 12.6. The molecule has 5 N–H and O–H groups in total. The molecule has 12 heteroatoms. The van der Waals surface area contributed by atoms with Crippen molar-refractivity contribution in [1.82, 2.24) is 10.6 Å². The van der Waals surface area contributed by atoms with Gasteiger partial charge in [-0.3, -0.25) is 9.59 Å². The Hall–Kier alpha value is -2.47. The first-order valence-corrected chi connectivity index (χ1v) is 15.4. The maximum Gasteiger partial charge on any atom is 0.339 e. The van der Waals surface area contributed by atoms with E-state index in [1.807, 2.05) is 24.3 Å². The van der Waals surface area contributed by atoms with Crippen molar-refractivity contribution >= 4 is 35.4 Å². The Labute approximate surface area is 250 Å². The fourth-order valence-electron chi connectivity index (χ4n) is 8.00. The zero-order valence-electron chi connectivity index (χ0n) is 24.0. The molecule has 0 radical (unpaired) electrons. The third kappa shape index (κ3) is 4.17. The molecule has 0 bridgehead atoms. The molecule has 0 saturated carbocycles. The molecule has 6 rings (SSSR count). The number of amides is 2. The number of aliphatic hydroxyl groups is 3. The molecule has 0 aromatic rings. The molecule has 232 valence electrons. The van der Waals surface area contributed by atoms with Gasteiger partial charge in [-0.05, 0) is 65.2 Å². The molecule has 6 aliphatic rings. The second-order valence-corrected chi connectivity index (χ2v) is 13.0. The largest absolute Gasteiger partial charge is 0.453 e. The summed E-state index contributed by atoms with van der Waals surface area (Å²) >= 11 is 5.76. The normalized spacial score (nSPS) is 42.8. The van der Waals surface area contributed by atoms with Crippen LogP contribution in [0, 0.1) is 23.7 Å². The van der Waals surface area contributed by atoms with Gasteiger partial charge in [0.05, 0.1) is 24.0 Å². The highest BCUT2D eigenvalue weighted by atomic mass is 35.5. The maximum atomic E-state index is 12.2. The van der Waals surface area contributed by atoms with E-state index in [1.54, 1.807) is 13.8 Å². The van der Waals surface area contributed by atoms with Gasteiger partial charge in [-0.1, -0.05) is 24.3 Å². The first-order chi connectivity index (χ1) is 19.9. The number of carbonyl (C=O) groups is 4. The summed E-state index contributed by atoms with van der Waals surface area (Å²) in [5.74, 6) is -2.84. The third-order valence-corrected chi connectivity index (χ3v) is 10.7. The molecule has 11 nitrogen and oxygen atoms in total. The Balaban J connectivity index is 0.000000168. The van der Waals surface area contributed by atoms with Gasteiger partial charge >= 0.3 is 11.9 Å². The lowest BCUT2D eigenvalue weighted by molar-refractivity contribution is -0.239. The lowest BCUT2D eigenvalue weighted by Gasteiger charge is -2.54. The van der Waals surface area contributed by atoms with Gasteiger partial charge in [0.25, 0.3) is 0 Å². The fraction of sp³-hybridized carbons (Fsp3) is 0.733. The van der Waals surface area contributed by atoms with Gasteiger partial charge in [-0.2, -0.15) is 0 Å². The number of ether oxygens (including phenoxy) is 2. The quantitative estimate of drug-likeness (QED) is 0.153. The number of hydrogen-bond acceptors (Lipinski definition) is 9. The number of aliphatic hydroxyl groups excluding tert-OH is 3. The first kappa shape index (κ1) is 31.0. The summed E-state index contributed by atoms with van der Waals surface area (Å²) in [4.78, 5) is 48.7. The van der Waals surface area contributed by atoms with Crippen molar-refractivity contribution in [2.45, 2.75) is 99.7 Å². The van der Waals surface area contributed by atoms with Crippen LogP contribution >= 0.6 is 11.6 Å². The van der Waals surface area contributed by atoms with Crippen LogP contribution in [-0.4, -0.2) is 86.0 Å². The van der Waals surface area contributed by atoms with Gasteiger partial charge in [-0.25, -0.2) is 9.59 Å². The van der Waals surface area contributed by atoms with Crippen molar-refractivity contribution in [2.24, 2.45) is 23.7 Å². The van der Waals surface area contributed by atoms with E-state index < -0.39 is 58.3 Å². The Morgan fingerprint density at radius 3 is 1.60 bits per heavy atom. The van der Waals surface area contributed by atoms with Crippen molar-refractivity contribution in [3.8, 4) is 0 Å². The summed E-state index contributed by atoms with van der Waals surface area (Å²) in [6.45, 7) is 3.22. The highest BCUT2D eigenvalue weighted by molar-refractivity contribution is 6.18. The van der Waals surface area contributed by atoms with Gasteiger partial charge in [0, 0.05) is 24.3 Å². The van der Waals surface area contributed by atoms with Crippen LogP contribution in [0.15, 0.2) is 24.3 Å². The molecule has 4 saturated heterocycles. The highest BCUT2D eigenvalue weighted by Crippen LogP contribution is 2.54. The van der Waals surface area contributed by atoms with Crippen LogP contribution < -0.4 is 10.6 Å². The monoisotopic (exact) mass is 608 g/mol. The molecule has 4 fully saturated rings. The van der Waals surface area contributed by atoms with Crippen LogP contribution in [0.1, 0.15) is 65.2 Å². The van der Waals surface area contributed by atoms with E-state index in [0.29, 0.717) is 12.3 Å². The minimum absolute atomic E-state index is 0.138. The van der Waals surface area contributed by atoms with Crippen LogP contribution in [0.25, 0.3) is 0 Å². The first-order valence-electron chi connectivity index (χ1n) is 14.9. The van der Waals surface area contributed by atoms with Gasteiger partial charge in [0.15, 0.2) is 11.2 Å². The minimum Gasteiger partial charge on any atom is -0.453 e. The lowest BCUT2D eigenvalue weighted by atomic mass is 9.64. The van der Waals surface area contributed by atoms with E-state index in [-0.39, 0.29) is 36.7 Å².